The maximum Gasteiger partial charge on any atom is 0.259 e. The molecule has 1 aliphatic rings. The van der Waals surface area contributed by atoms with Crippen molar-refractivity contribution >= 4 is 29.5 Å². The van der Waals surface area contributed by atoms with E-state index in [4.69, 9.17) is 21.7 Å². The third-order valence-electron chi connectivity index (χ3n) is 4.93. The minimum atomic E-state index is -0.115. The zero-order chi connectivity index (χ0) is 21.2. The van der Waals surface area contributed by atoms with E-state index in [1.165, 1.54) is 24.2 Å². The van der Waals surface area contributed by atoms with Gasteiger partial charge in [-0.25, -0.2) is 0 Å². The largest absolute Gasteiger partial charge is 0.490 e. The molecule has 2 rings (SSSR count). The molecule has 0 heterocycles. The second-order valence-corrected chi connectivity index (χ2v) is 7.84. The van der Waals surface area contributed by atoms with Gasteiger partial charge in [0.15, 0.2) is 23.2 Å². The lowest BCUT2D eigenvalue weighted by atomic mass is 9.86. The van der Waals surface area contributed by atoms with Gasteiger partial charge in [-0.15, -0.1) is 0 Å². The molecule has 1 saturated carbocycles. The van der Waals surface area contributed by atoms with Crippen molar-refractivity contribution in [3.63, 3.8) is 0 Å². The molecule has 1 aromatic carbocycles. The summed E-state index contributed by atoms with van der Waals surface area (Å²) in [7, 11) is 3.38. The number of likely N-dealkylation sites (N-methyl/N-ethyl adjacent to an activating group) is 1. The Bertz CT molecular complexity index is 724. The van der Waals surface area contributed by atoms with Crippen LogP contribution in [0, 0.1) is 5.92 Å². The summed E-state index contributed by atoms with van der Waals surface area (Å²) < 4.78 is 11.2. The van der Waals surface area contributed by atoms with Crippen LogP contribution in [0.1, 0.15) is 45.1 Å². The number of hydrazone groups is 1. The second-order valence-electron chi connectivity index (χ2n) is 7.43. The number of benzene rings is 1. The zero-order valence-electron chi connectivity index (χ0n) is 17.7. The first-order valence-corrected chi connectivity index (χ1v) is 10.5. The van der Waals surface area contributed by atoms with E-state index in [0.29, 0.717) is 35.2 Å². The van der Waals surface area contributed by atoms with Crippen LogP contribution >= 0.6 is 12.2 Å². The van der Waals surface area contributed by atoms with Crippen molar-refractivity contribution in [3.05, 3.63) is 23.8 Å². The lowest BCUT2D eigenvalue weighted by Gasteiger charge is -2.30. The predicted octanol–water partition coefficient (Wildman–Crippen LogP) is 2.93. The van der Waals surface area contributed by atoms with E-state index in [1.807, 2.05) is 19.1 Å². The summed E-state index contributed by atoms with van der Waals surface area (Å²) in [5.74, 6) is 1.60. The fourth-order valence-corrected chi connectivity index (χ4v) is 3.36. The predicted molar refractivity (Wildman–Crippen MR) is 120 cm³/mol. The fraction of sp³-hybridized carbons (Fsp3) is 0.571. The number of hydrogen-bond donors (Lipinski definition) is 2. The highest BCUT2D eigenvalue weighted by Crippen LogP contribution is 2.28. The van der Waals surface area contributed by atoms with E-state index in [0.717, 1.165) is 12.0 Å². The van der Waals surface area contributed by atoms with Crippen molar-refractivity contribution in [1.29, 1.82) is 0 Å². The Kier molecular flexibility index (Phi) is 9.18. The van der Waals surface area contributed by atoms with Crippen LogP contribution in [-0.2, 0) is 4.79 Å². The third-order valence-corrected chi connectivity index (χ3v) is 5.13. The van der Waals surface area contributed by atoms with Gasteiger partial charge in [0, 0.05) is 20.1 Å². The molecule has 2 N–H and O–H groups in total. The average Bonchev–Trinajstić information content (AvgIpc) is 2.69. The van der Waals surface area contributed by atoms with Crippen LogP contribution < -0.4 is 20.2 Å². The number of nitrogens with one attached hydrogen (secondary N) is 2. The maximum atomic E-state index is 11.7. The number of thiocarbonyl (C=S) groups is 1. The molecule has 7 nitrogen and oxygen atoms in total. The van der Waals surface area contributed by atoms with E-state index in [1.54, 1.807) is 26.4 Å². The van der Waals surface area contributed by atoms with Crippen LogP contribution in [-0.4, -0.2) is 55.5 Å². The molecule has 0 bridgehead atoms. The maximum absolute atomic E-state index is 11.7. The van der Waals surface area contributed by atoms with Crippen LogP contribution in [0.3, 0.4) is 0 Å². The minimum absolute atomic E-state index is 0.0401. The van der Waals surface area contributed by atoms with Gasteiger partial charge in [-0.2, -0.15) is 5.10 Å². The Labute approximate surface area is 178 Å². The van der Waals surface area contributed by atoms with Crippen molar-refractivity contribution in [1.82, 2.24) is 15.6 Å². The van der Waals surface area contributed by atoms with E-state index in [9.17, 15) is 4.79 Å². The van der Waals surface area contributed by atoms with Crippen molar-refractivity contribution in [3.8, 4) is 11.5 Å². The van der Waals surface area contributed by atoms with Gasteiger partial charge < -0.3 is 19.7 Å². The number of carbonyl (C=O) groups excluding carboxylic acids is 1. The molecule has 1 aromatic rings. The van der Waals surface area contributed by atoms with Crippen molar-refractivity contribution < 1.29 is 14.3 Å². The monoisotopic (exact) mass is 420 g/mol. The first kappa shape index (κ1) is 22.9. The van der Waals surface area contributed by atoms with E-state index < -0.39 is 0 Å². The molecule has 2 atom stereocenters. The molecular weight excluding hydrogens is 388 g/mol. The standard InChI is InChI=1S/C21H32N4O3S/c1-5-27-19-12-16(10-11-18(19)28-14-20(26)25(3)4)13-22-24-21(29)23-17-9-7-6-8-15(17)2/h10-13,15,17H,5-9,14H2,1-4H3,(H2,23,24,29)/b22-13-/t15-,17+/m1/s1. The molecule has 1 fully saturated rings. The second kappa shape index (κ2) is 11.6. The molecule has 0 saturated heterocycles. The van der Waals surface area contributed by atoms with Crippen LogP contribution in [0.4, 0.5) is 0 Å². The Hall–Kier alpha value is -2.35. The summed E-state index contributed by atoms with van der Waals surface area (Å²) in [6.07, 6.45) is 6.58. The zero-order valence-corrected chi connectivity index (χ0v) is 18.6. The number of ether oxygens (including phenoxy) is 2. The van der Waals surface area contributed by atoms with E-state index >= 15 is 0 Å². The third kappa shape index (κ3) is 7.53. The number of carbonyl (C=O) groups is 1. The highest BCUT2D eigenvalue weighted by atomic mass is 32.1. The summed E-state index contributed by atoms with van der Waals surface area (Å²) in [5, 5.41) is 8.12. The van der Waals surface area contributed by atoms with E-state index in [2.05, 4.69) is 22.8 Å². The lowest BCUT2D eigenvalue weighted by molar-refractivity contribution is -0.130. The van der Waals surface area contributed by atoms with Gasteiger partial charge >= 0.3 is 0 Å². The SMILES string of the molecule is CCOc1cc(/C=N\NC(=S)N[C@H]2CCCC[C@H]2C)ccc1OCC(=O)N(C)C. The molecule has 0 radical (unpaired) electrons. The number of amides is 1. The summed E-state index contributed by atoms with van der Waals surface area (Å²) in [4.78, 5) is 13.2. The van der Waals surface area contributed by atoms with Crippen molar-refractivity contribution in [2.75, 3.05) is 27.3 Å². The van der Waals surface area contributed by atoms with Gasteiger partial charge in [0.1, 0.15) is 0 Å². The molecule has 0 spiro atoms. The van der Waals surface area contributed by atoms with Crippen molar-refractivity contribution in [2.24, 2.45) is 11.0 Å². The van der Waals surface area contributed by atoms with Crippen molar-refractivity contribution in [2.45, 2.75) is 45.6 Å². The van der Waals surface area contributed by atoms with Gasteiger partial charge in [-0.05, 0) is 61.7 Å². The van der Waals surface area contributed by atoms with Crippen LogP contribution in [0.5, 0.6) is 11.5 Å². The number of rotatable bonds is 8. The molecular formula is C21H32N4O3S. The van der Waals surface area contributed by atoms with Gasteiger partial charge in [0.2, 0.25) is 0 Å². The molecule has 29 heavy (non-hydrogen) atoms. The summed E-state index contributed by atoms with van der Waals surface area (Å²) in [6.45, 7) is 4.60. The molecule has 0 unspecified atom stereocenters. The molecule has 1 aliphatic carbocycles. The van der Waals surface area contributed by atoms with Gasteiger partial charge in [0.05, 0.1) is 12.8 Å². The minimum Gasteiger partial charge on any atom is -0.490 e. The lowest BCUT2D eigenvalue weighted by Crippen LogP contribution is -2.44. The molecule has 8 heteroatoms. The quantitative estimate of drug-likeness (QED) is 0.383. The van der Waals surface area contributed by atoms with Crippen LogP contribution in [0.15, 0.2) is 23.3 Å². The fourth-order valence-electron chi connectivity index (χ4n) is 3.16. The Balaban J connectivity index is 1.92. The Morgan fingerprint density at radius 2 is 2.03 bits per heavy atom. The highest BCUT2D eigenvalue weighted by Gasteiger charge is 2.21. The first-order chi connectivity index (χ1) is 13.9. The average molecular weight is 421 g/mol. The topological polar surface area (TPSA) is 75.2 Å². The number of hydrogen-bond acceptors (Lipinski definition) is 5. The molecule has 160 valence electrons. The van der Waals surface area contributed by atoms with Gasteiger partial charge in [0.25, 0.3) is 5.91 Å². The molecule has 1 amide bonds. The van der Waals surface area contributed by atoms with Gasteiger partial charge in [-0.1, -0.05) is 19.8 Å². The Morgan fingerprint density at radius 1 is 1.28 bits per heavy atom. The summed E-state index contributed by atoms with van der Waals surface area (Å²) in [6, 6.07) is 5.85. The highest BCUT2D eigenvalue weighted by molar-refractivity contribution is 7.80. The van der Waals surface area contributed by atoms with Crippen LogP contribution in [0.25, 0.3) is 0 Å². The molecule has 0 aromatic heterocycles. The summed E-state index contributed by atoms with van der Waals surface area (Å²) >= 11 is 5.35. The van der Waals surface area contributed by atoms with Crippen LogP contribution in [0.2, 0.25) is 0 Å². The first-order valence-electron chi connectivity index (χ1n) is 10.1. The normalized spacial score (nSPS) is 18.9. The number of nitrogens with zero attached hydrogens (tertiary/aromatic N) is 2. The summed E-state index contributed by atoms with van der Waals surface area (Å²) in [5.41, 5.74) is 3.72. The Morgan fingerprint density at radius 3 is 2.72 bits per heavy atom. The van der Waals surface area contributed by atoms with Gasteiger partial charge in [-0.3, -0.25) is 10.2 Å². The smallest absolute Gasteiger partial charge is 0.259 e. The van der Waals surface area contributed by atoms with E-state index in [-0.39, 0.29) is 12.5 Å². The molecule has 0 aliphatic heterocycles.